The third kappa shape index (κ3) is 8.75. The molecule has 0 bridgehead atoms. The van der Waals surface area contributed by atoms with Gasteiger partial charge in [-0.05, 0) is 72.5 Å². The van der Waals surface area contributed by atoms with E-state index < -0.39 is 10.1 Å². The van der Waals surface area contributed by atoms with Crippen LogP contribution in [0.4, 0.5) is 5.69 Å². The van der Waals surface area contributed by atoms with Crippen molar-refractivity contribution in [2.24, 2.45) is 0 Å². The van der Waals surface area contributed by atoms with Gasteiger partial charge in [-0.25, -0.2) is 9.83 Å². The Bertz CT molecular complexity index is 1890. The van der Waals surface area contributed by atoms with Gasteiger partial charge >= 0.3 is 0 Å². The van der Waals surface area contributed by atoms with E-state index in [9.17, 15) is 13.0 Å². The van der Waals surface area contributed by atoms with Crippen LogP contribution in [0.15, 0.2) is 143 Å². The number of hydrogen-bond donors (Lipinski definition) is 2. The summed E-state index contributed by atoms with van der Waals surface area (Å²) in [6.45, 7) is 7.31. The highest BCUT2D eigenvalue weighted by Crippen LogP contribution is 2.37. The minimum atomic E-state index is -4.67. The molecule has 0 spiro atoms. The number of allylic oxidation sites excluding steroid dienone is 5. The Hall–Kier alpha value is -4.29. The Labute approximate surface area is 280 Å². The van der Waals surface area contributed by atoms with E-state index in [-0.39, 0.29) is 4.90 Å². The Balaban J connectivity index is 1.60. The van der Waals surface area contributed by atoms with Crippen LogP contribution in [0.1, 0.15) is 36.1 Å². The zero-order chi connectivity index (χ0) is 33.2. The molecule has 1 aliphatic carbocycles. The lowest BCUT2D eigenvalue weighted by Gasteiger charge is -2.24. The Morgan fingerprint density at radius 3 is 2.04 bits per heavy atom. The van der Waals surface area contributed by atoms with E-state index in [1.807, 2.05) is 85.0 Å². The number of benzene rings is 4. The molecule has 47 heavy (non-hydrogen) atoms. The predicted molar refractivity (Wildman–Crippen MR) is 187 cm³/mol. The van der Waals surface area contributed by atoms with Crippen LogP contribution in [0, 0.1) is 0 Å². The number of anilines is 1. The summed E-state index contributed by atoms with van der Waals surface area (Å²) in [5.74, 6) is 0. The molecule has 242 valence electrons. The van der Waals surface area contributed by atoms with Crippen molar-refractivity contribution < 1.29 is 32.2 Å². The lowest BCUT2D eigenvalue weighted by atomic mass is 9.90. The molecule has 4 aromatic rings. The molecular formula is C37H37N2O6S2+. The first-order chi connectivity index (χ1) is 22.8. The van der Waals surface area contributed by atoms with Gasteiger partial charge in [0.2, 0.25) is 0 Å². The zero-order valence-corrected chi connectivity index (χ0v) is 27.8. The molecule has 0 aromatic heterocycles. The maximum atomic E-state index is 12.8. The van der Waals surface area contributed by atoms with Crippen LogP contribution < -0.4 is 4.90 Å². The summed E-state index contributed by atoms with van der Waals surface area (Å²) < 4.78 is 42.6. The summed E-state index contributed by atoms with van der Waals surface area (Å²) in [7, 11) is -4.67. The van der Waals surface area contributed by atoms with E-state index in [1.54, 1.807) is 12.1 Å². The summed E-state index contributed by atoms with van der Waals surface area (Å²) >= 11 is 0.611. The fraction of sp³-hybridized carbons (Fsp3) is 0.162. The van der Waals surface area contributed by atoms with Gasteiger partial charge < -0.3 is 4.90 Å². The summed E-state index contributed by atoms with van der Waals surface area (Å²) in [6.07, 6.45) is 8.00. The van der Waals surface area contributed by atoms with Crippen molar-refractivity contribution in [1.29, 1.82) is 0 Å². The molecule has 2 N–H and O–H groups in total. The first-order valence-electron chi connectivity index (χ1n) is 15.2. The van der Waals surface area contributed by atoms with Crippen LogP contribution in [0.3, 0.4) is 0 Å². The Kier molecular flexibility index (Phi) is 11.6. The molecule has 10 heteroatoms. The lowest BCUT2D eigenvalue weighted by molar-refractivity contribution is -0.539. The summed E-state index contributed by atoms with van der Waals surface area (Å²) in [5.41, 5.74) is 6.94. The van der Waals surface area contributed by atoms with Crippen LogP contribution in [0.5, 0.6) is 0 Å². The minimum Gasteiger partial charge on any atom is -0.367 e. The van der Waals surface area contributed by atoms with Gasteiger partial charge in [0.1, 0.15) is 11.4 Å². The van der Waals surface area contributed by atoms with Gasteiger partial charge in [0, 0.05) is 47.0 Å². The highest BCUT2D eigenvalue weighted by molar-refractivity contribution is 7.94. The SMILES string of the molecule is CCN(Cc1ccccc1)c1ccc(C(=C2C=CC(=[N+](CC)Cc3ccccc3)C=C2)c2ccc(SOOO)cc2S(=O)(=O)O)cc1. The van der Waals surface area contributed by atoms with E-state index >= 15 is 0 Å². The minimum absolute atomic E-state index is 0.300. The van der Waals surface area contributed by atoms with Gasteiger partial charge in [-0.3, -0.25) is 4.55 Å². The summed E-state index contributed by atoms with van der Waals surface area (Å²) in [5, 5.41) is 12.3. The lowest BCUT2D eigenvalue weighted by Crippen LogP contribution is -2.21. The molecule has 1 aliphatic rings. The standard InChI is InChI=1S/C37H36N2O6S2/c1-3-38(26-28-11-7-5-8-12-28)32-19-15-30(16-20-32)37(35-24-23-34(46-45-44-40)25-36(35)47(41,42)43)31-17-21-33(22-18-31)39(4-2)27-29-13-9-6-10-14-29/h5-25H,3-4,26-27H2,1-2H3,(H-,40,41,42,43)/p+1. The largest absolute Gasteiger partial charge is 0.367 e. The van der Waals surface area contributed by atoms with Gasteiger partial charge in [-0.2, -0.15) is 8.42 Å². The first kappa shape index (κ1) is 34.1. The molecule has 0 saturated carbocycles. The molecular weight excluding hydrogens is 633 g/mol. The average molecular weight is 670 g/mol. The predicted octanol–water partition coefficient (Wildman–Crippen LogP) is 7.99. The van der Waals surface area contributed by atoms with Crippen LogP contribution in [0.2, 0.25) is 0 Å². The highest BCUT2D eigenvalue weighted by Gasteiger charge is 2.23. The van der Waals surface area contributed by atoms with Gasteiger partial charge in [0.15, 0.2) is 12.3 Å². The first-order valence-corrected chi connectivity index (χ1v) is 17.4. The second kappa shape index (κ2) is 16.0. The number of nitrogens with zero attached hydrogens (tertiary/aromatic N) is 2. The van der Waals surface area contributed by atoms with E-state index in [0.29, 0.717) is 28.1 Å². The van der Waals surface area contributed by atoms with Gasteiger partial charge in [0.25, 0.3) is 10.1 Å². The topological polar surface area (TPSA) is 99.3 Å². The molecule has 0 saturated heterocycles. The average Bonchev–Trinajstić information content (AvgIpc) is 3.10. The van der Waals surface area contributed by atoms with Crippen molar-refractivity contribution >= 4 is 39.1 Å². The monoisotopic (exact) mass is 669 g/mol. The molecule has 5 rings (SSSR count). The molecule has 0 unspecified atom stereocenters. The van der Waals surface area contributed by atoms with Crippen LogP contribution in [-0.4, -0.2) is 41.6 Å². The van der Waals surface area contributed by atoms with E-state index in [0.717, 1.165) is 48.7 Å². The van der Waals surface area contributed by atoms with E-state index in [1.165, 1.54) is 17.2 Å². The van der Waals surface area contributed by atoms with Gasteiger partial charge in [-0.15, -0.1) is 4.33 Å². The highest BCUT2D eigenvalue weighted by atomic mass is 32.2. The van der Waals surface area contributed by atoms with Crippen molar-refractivity contribution in [1.82, 2.24) is 0 Å². The van der Waals surface area contributed by atoms with Crippen LogP contribution in [0.25, 0.3) is 5.57 Å². The van der Waals surface area contributed by atoms with Crippen molar-refractivity contribution in [2.75, 3.05) is 18.0 Å². The third-order valence-electron chi connectivity index (χ3n) is 7.90. The van der Waals surface area contributed by atoms with Gasteiger partial charge in [0.05, 0.1) is 12.0 Å². The molecule has 0 aliphatic heterocycles. The smallest absolute Gasteiger partial charge is 0.295 e. The van der Waals surface area contributed by atoms with Crippen LogP contribution in [-0.2, 0) is 32.6 Å². The number of hydrogen-bond acceptors (Lipinski definition) is 7. The molecule has 8 nitrogen and oxygen atoms in total. The molecule has 0 atom stereocenters. The normalized spacial score (nSPS) is 12.8. The summed E-state index contributed by atoms with van der Waals surface area (Å²) in [4.78, 5) is 2.27. The summed E-state index contributed by atoms with van der Waals surface area (Å²) in [6, 6.07) is 33.0. The molecule has 0 heterocycles. The van der Waals surface area contributed by atoms with Crippen molar-refractivity contribution in [3.05, 3.63) is 155 Å². The van der Waals surface area contributed by atoms with E-state index in [2.05, 4.69) is 57.0 Å². The second-order valence-corrected chi connectivity index (χ2v) is 13.0. The van der Waals surface area contributed by atoms with Crippen LogP contribution >= 0.6 is 12.0 Å². The molecule has 0 radical (unpaired) electrons. The fourth-order valence-corrected chi connectivity index (χ4v) is 6.76. The van der Waals surface area contributed by atoms with E-state index in [4.69, 9.17) is 5.26 Å². The van der Waals surface area contributed by atoms with Crippen molar-refractivity contribution in [3.8, 4) is 0 Å². The Morgan fingerprint density at radius 1 is 0.830 bits per heavy atom. The number of rotatable bonds is 13. The van der Waals surface area contributed by atoms with Crippen molar-refractivity contribution in [2.45, 2.75) is 36.7 Å². The maximum Gasteiger partial charge on any atom is 0.295 e. The molecule has 0 fully saturated rings. The fourth-order valence-electron chi connectivity index (χ4n) is 5.56. The quantitative estimate of drug-likeness (QED) is 0.0486. The third-order valence-corrected chi connectivity index (χ3v) is 9.37. The Morgan fingerprint density at radius 2 is 1.47 bits per heavy atom. The van der Waals surface area contributed by atoms with Gasteiger partial charge in [-0.1, -0.05) is 83.9 Å². The molecule has 0 amide bonds. The molecule has 4 aromatic carbocycles. The van der Waals surface area contributed by atoms with Crippen molar-refractivity contribution in [3.63, 3.8) is 0 Å². The maximum absolute atomic E-state index is 12.8. The second-order valence-electron chi connectivity index (χ2n) is 10.8. The zero-order valence-electron chi connectivity index (χ0n) is 26.2.